The third kappa shape index (κ3) is 3.65. The maximum Gasteiger partial charge on any atom is 0.315 e. The van der Waals surface area contributed by atoms with Crippen LogP contribution in [0.5, 0.6) is 0 Å². The molecule has 128 valence electrons. The molecule has 0 fully saturated rings. The number of aromatic nitrogens is 2. The Morgan fingerprint density at radius 2 is 2.12 bits per heavy atom. The molecule has 1 aromatic heterocycles. The zero-order valence-corrected chi connectivity index (χ0v) is 14.1. The summed E-state index contributed by atoms with van der Waals surface area (Å²) in [4.78, 5) is 19.5. The van der Waals surface area contributed by atoms with E-state index in [1.165, 1.54) is 20.3 Å². The first-order chi connectivity index (χ1) is 11.5. The molecular weight excluding hydrogens is 308 g/mol. The molecular formula is C18H22N2O4. The molecule has 1 aromatic carbocycles. The quantitative estimate of drug-likeness (QED) is 0.462. The number of aliphatic hydroxyl groups excluding tert-OH is 1. The molecule has 0 radical (unpaired) electrons. The molecule has 2 N–H and O–H groups in total. The summed E-state index contributed by atoms with van der Waals surface area (Å²) < 4.78 is 10.1. The van der Waals surface area contributed by atoms with Gasteiger partial charge in [-0.2, -0.15) is 0 Å². The number of allylic oxidation sites excluding steroid dienone is 1. The molecule has 0 spiro atoms. The van der Waals surface area contributed by atoms with Crippen molar-refractivity contribution in [2.24, 2.45) is 5.92 Å². The number of fused-ring (bicyclic) bond motifs is 1. The molecule has 6 heteroatoms. The minimum absolute atomic E-state index is 0.139. The van der Waals surface area contributed by atoms with Crippen LogP contribution in [-0.2, 0) is 14.3 Å². The van der Waals surface area contributed by atoms with Gasteiger partial charge in [0.25, 0.3) is 0 Å². The van der Waals surface area contributed by atoms with Gasteiger partial charge in [0.05, 0.1) is 29.8 Å². The molecule has 2 atom stereocenters. The number of carbonyl (C=O) groups is 1. The van der Waals surface area contributed by atoms with Crippen LogP contribution >= 0.6 is 0 Å². The van der Waals surface area contributed by atoms with Gasteiger partial charge in [-0.15, -0.1) is 0 Å². The lowest BCUT2D eigenvalue weighted by atomic mass is 9.98. The van der Waals surface area contributed by atoms with E-state index in [4.69, 9.17) is 9.47 Å². The number of imidazole rings is 1. The standard InChI is InChI=1S/C18H22N2O4/c1-5-16(23-3)12(18(22)24-4)10-15(21)11(2)17-19-13-8-6-7-9-14(13)20-17/h6-10,12,16,21H,2,5H2,1,3-4H3,(H,19,20)/b15-10+. The number of ether oxygens (including phenoxy) is 2. The van der Waals surface area contributed by atoms with Gasteiger partial charge >= 0.3 is 5.97 Å². The minimum Gasteiger partial charge on any atom is -0.508 e. The highest BCUT2D eigenvalue weighted by Gasteiger charge is 2.27. The van der Waals surface area contributed by atoms with Crippen LogP contribution in [-0.4, -0.2) is 41.4 Å². The highest BCUT2D eigenvalue weighted by Crippen LogP contribution is 2.24. The van der Waals surface area contributed by atoms with E-state index in [1.54, 1.807) is 0 Å². The first-order valence-corrected chi connectivity index (χ1v) is 7.67. The van der Waals surface area contributed by atoms with E-state index < -0.39 is 18.0 Å². The number of methoxy groups -OCH3 is 2. The van der Waals surface area contributed by atoms with Crippen LogP contribution in [0.3, 0.4) is 0 Å². The van der Waals surface area contributed by atoms with Crippen molar-refractivity contribution in [1.82, 2.24) is 9.97 Å². The van der Waals surface area contributed by atoms with E-state index in [2.05, 4.69) is 16.5 Å². The van der Waals surface area contributed by atoms with E-state index in [0.717, 1.165) is 11.0 Å². The van der Waals surface area contributed by atoms with Crippen molar-refractivity contribution in [3.8, 4) is 0 Å². The van der Waals surface area contributed by atoms with E-state index in [1.807, 2.05) is 31.2 Å². The van der Waals surface area contributed by atoms with Gasteiger partial charge in [-0.1, -0.05) is 25.6 Å². The molecule has 0 saturated carbocycles. The largest absolute Gasteiger partial charge is 0.508 e. The number of aromatic amines is 1. The van der Waals surface area contributed by atoms with Crippen LogP contribution in [0.2, 0.25) is 0 Å². The molecule has 0 aliphatic heterocycles. The Morgan fingerprint density at radius 3 is 2.71 bits per heavy atom. The maximum atomic E-state index is 12.0. The van der Waals surface area contributed by atoms with Gasteiger partial charge < -0.3 is 19.6 Å². The highest BCUT2D eigenvalue weighted by molar-refractivity contribution is 5.82. The van der Waals surface area contributed by atoms with E-state index in [-0.39, 0.29) is 5.76 Å². The van der Waals surface area contributed by atoms with Gasteiger partial charge in [-0.3, -0.25) is 4.79 Å². The number of hydrogen-bond acceptors (Lipinski definition) is 5. The second-order valence-electron chi connectivity index (χ2n) is 5.36. The van der Waals surface area contributed by atoms with Crippen LogP contribution in [0, 0.1) is 5.92 Å². The van der Waals surface area contributed by atoms with Crippen molar-refractivity contribution in [3.05, 3.63) is 48.5 Å². The molecule has 24 heavy (non-hydrogen) atoms. The lowest BCUT2D eigenvalue weighted by Gasteiger charge is -2.20. The van der Waals surface area contributed by atoms with Crippen molar-refractivity contribution in [2.75, 3.05) is 14.2 Å². The van der Waals surface area contributed by atoms with Gasteiger partial charge in [0.1, 0.15) is 17.5 Å². The number of benzene rings is 1. The number of carbonyl (C=O) groups excluding carboxylic acids is 1. The monoisotopic (exact) mass is 330 g/mol. The van der Waals surface area contributed by atoms with Crippen LogP contribution in [0.4, 0.5) is 0 Å². The molecule has 0 amide bonds. The Balaban J connectivity index is 2.32. The Kier molecular flexibility index (Phi) is 5.76. The zero-order chi connectivity index (χ0) is 17.7. The van der Waals surface area contributed by atoms with Gasteiger partial charge in [-0.05, 0) is 24.6 Å². The van der Waals surface area contributed by atoms with E-state index >= 15 is 0 Å². The molecule has 0 saturated heterocycles. The van der Waals surface area contributed by atoms with Crippen LogP contribution in [0.15, 0.2) is 42.7 Å². The van der Waals surface area contributed by atoms with E-state index in [0.29, 0.717) is 17.8 Å². The van der Waals surface area contributed by atoms with Crippen LogP contribution in [0.1, 0.15) is 19.2 Å². The molecule has 0 aliphatic carbocycles. The lowest BCUT2D eigenvalue weighted by molar-refractivity contribution is -0.148. The molecule has 2 unspecified atom stereocenters. The third-order valence-corrected chi connectivity index (χ3v) is 3.90. The summed E-state index contributed by atoms with van der Waals surface area (Å²) >= 11 is 0. The molecule has 1 heterocycles. The van der Waals surface area contributed by atoms with Gasteiger partial charge in [-0.25, -0.2) is 4.98 Å². The fraction of sp³-hybridized carbons (Fsp3) is 0.333. The number of esters is 1. The normalized spacial score (nSPS) is 14.4. The summed E-state index contributed by atoms with van der Waals surface area (Å²) in [6, 6.07) is 7.51. The number of para-hydroxylation sites is 2. The lowest BCUT2D eigenvalue weighted by Crippen LogP contribution is -2.29. The third-order valence-electron chi connectivity index (χ3n) is 3.90. The van der Waals surface area contributed by atoms with Crippen molar-refractivity contribution in [3.63, 3.8) is 0 Å². The van der Waals surface area contributed by atoms with Crippen molar-refractivity contribution in [2.45, 2.75) is 19.4 Å². The number of rotatable bonds is 7. The van der Waals surface area contributed by atoms with Gasteiger partial charge in [0.2, 0.25) is 0 Å². The first kappa shape index (κ1) is 17.7. The fourth-order valence-corrected chi connectivity index (χ4v) is 2.52. The Hall–Kier alpha value is -2.60. The van der Waals surface area contributed by atoms with Gasteiger partial charge in [0.15, 0.2) is 0 Å². The number of nitrogens with one attached hydrogen (secondary N) is 1. The first-order valence-electron chi connectivity index (χ1n) is 7.67. The molecule has 2 aromatic rings. The highest BCUT2D eigenvalue weighted by atomic mass is 16.5. The Morgan fingerprint density at radius 1 is 1.42 bits per heavy atom. The van der Waals surface area contributed by atoms with E-state index in [9.17, 15) is 9.90 Å². The zero-order valence-electron chi connectivity index (χ0n) is 14.1. The summed E-state index contributed by atoms with van der Waals surface area (Å²) in [6.07, 6.45) is 1.60. The maximum absolute atomic E-state index is 12.0. The average molecular weight is 330 g/mol. The second kappa shape index (κ2) is 7.79. The second-order valence-corrected chi connectivity index (χ2v) is 5.36. The molecule has 0 bridgehead atoms. The fourth-order valence-electron chi connectivity index (χ4n) is 2.52. The van der Waals surface area contributed by atoms with Crippen molar-refractivity contribution < 1.29 is 19.4 Å². The Bertz CT molecular complexity index is 726. The summed E-state index contributed by atoms with van der Waals surface area (Å²) in [5.74, 6) is -0.905. The van der Waals surface area contributed by atoms with Crippen molar-refractivity contribution in [1.29, 1.82) is 0 Å². The number of aliphatic hydroxyl groups is 1. The average Bonchev–Trinajstić information content (AvgIpc) is 3.04. The molecule has 6 nitrogen and oxygen atoms in total. The van der Waals surface area contributed by atoms with Crippen LogP contribution < -0.4 is 0 Å². The smallest absolute Gasteiger partial charge is 0.315 e. The molecule has 2 rings (SSSR count). The topological polar surface area (TPSA) is 84.4 Å². The molecule has 0 aliphatic rings. The summed E-state index contributed by atoms with van der Waals surface area (Å²) in [5.41, 5.74) is 1.91. The van der Waals surface area contributed by atoms with Crippen LogP contribution in [0.25, 0.3) is 16.6 Å². The summed E-state index contributed by atoms with van der Waals surface area (Å²) in [7, 11) is 2.82. The summed E-state index contributed by atoms with van der Waals surface area (Å²) in [6.45, 7) is 5.76. The predicted octanol–water partition coefficient (Wildman–Crippen LogP) is 3.23. The number of hydrogen-bond donors (Lipinski definition) is 2. The predicted molar refractivity (Wildman–Crippen MR) is 92.4 cm³/mol. The number of nitrogens with zero attached hydrogens (tertiary/aromatic N) is 1. The van der Waals surface area contributed by atoms with Gasteiger partial charge in [0, 0.05) is 7.11 Å². The minimum atomic E-state index is -0.730. The summed E-state index contributed by atoms with van der Waals surface area (Å²) in [5, 5.41) is 10.4. The van der Waals surface area contributed by atoms with Crippen molar-refractivity contribution >= 4 is 22.6 Å². The Labute approximate surface area is 140 Å². The SMILES string of the molecule is C=C(/C(O)=C\C(C(=O)OC)C(CC)OC)c1nc2ccccc2[nH]1. The number of H-pyrrole nitrogens is 1.